The molecule has 1 aromatic heterocycles. The smallest absolute Gasteiger partial charge is 0.357 e. The molecule has 1 saturated carbocycles. The van der Waals surface area contributed by atoms with E-state index in [-0.39, 0.29) is 11.6 Å². The van der Waals surface area contributed by atoms with Gasteiger partial charge >= 0.3 is 5.97 Å². The molecule has 0 saturated heterocycles. The maximum absolute atomic E-state index is 11.8. The molecule has 1 aliphatic rings. The van der Waals surface area contributed by atoms with Crippen molar-refractivity contribution in [2.24, 2.45) is 0 Å². The molecular weight excluding hydrogens is 274 g/mol. The highest BCUT2D eigenvalue weighted by Crippen LogP contribution is 2.40. The third-order valence-corrected chi connectivity index (χ3v) is 4.74. The van der Waals surface area contributed by atoms with Crippen molar-refractivity contribution in [1.29, 1.82) is 0 Å². The summed E-state index contributed by atoms with van der Waals surface area (Å²) in [6.45, 7) is 4.88. The second kappa shape index (κ2) is 7.18. The quantitative estimate of drug-likeness (QED) is 0.611. The van der Waals surface area contributed by atoms with E-state index in [1.807, 2.05) is 6.92 Å². The van der Waals surface area contributed by atoms with E-state index in [9.17, 15) is 4.79 Å². The van der Waals surface area contributed by atoms with Crippen molar-refractivity contribution < 1.29 is 14.3 Å². The van der Waals surface area contributed by atoms with Gasteiger partial charge in [-0.25, -0.2) is 9.78 Å². The Morgan fingerprint density at radius 3 is 2.55 bits per heavy atom. The van der Waals surface area contributed by atoms with Crippen LogP contribution in [-0.2, 0) is 15.1 Å². The number of hydrogen-bond donors (Lipinski definition) is 0. The zero-order valence-electron chi connectivity index (χ0n) is 12.3. The van der Waals surface area contributed by atoms with Gasteiger partial charge in [0.05, 0.1) is 6.61 Å². The van der Waals surface area contributed by atoms with Crippen molar-refractivity contribution >= 4 is 17.3 Å². The van der Waals surface area contributed by atoms with Crippen LogP contribution in [-0.4, -0.2) is 24.2 Å². The minimum absolute atomic E-state index is 0.291. The first-order valence-corrected chi connectivity index (χ1v) is 8.37. The lowest BCUT2D eigenvalue weighted by Gasteiger charge is -2.30. The Kier molecular flexibility index (Phi) is 5.54. The van der Waals surface area contributed by atoms with Crippen LogP contribution in [0.15, 0.2) is 5.38 Å². The molecule has 0 aliphatic heterocycles. The minimum atomic E-state index is -0.338. The Morgan fingerprint density at radius 1 is 1.25 bits per heavy atom. The standard InChI is InChI=1S/C15H23NO3S/c1-3-18-13(17)12-11-20-14(16-12)15(19-4-2)9-7-5-6-8-10-15/h11H,3-10H2,1-2H3. The molecule has 1 aromatic rings. The summed E-state index contributed by atoms with van der Waals surface area (Å²) in [4.78, 5) is 16.3. The highest BCUT2D eigenvalue weighted by molar-refractivity contribution is 7.10. The number of nitrogens with zero attached hydrogens (tertiary/aromatic N) is 1. The second-order valence-corrected chi connectivity index (χ2v) is 5.96. The molecule has 1 heterocycles. The lowest BCUT2D eigenvalue weighted by molar-refractivity contribution is -0.0560. The first kappa shape index (κ1) is 15.4. The van der Waals surface area contributed by atoms with Gasteiger partial charge in [-0.05, 0) is 26.7 Å². The Balaban J connectivity index is 2.22. The zero-order chi connectivity index (χ0) is 14.4. The summed E-state index contributed by atoms with van der Waals surface area (Å²) in [6.07, 6.45) is 6.83. The van der Waals surface area contributed by atoms with E-state index < -0.39 is 0 Å². The van der Waals surface area contributed by atoms with Gasteiger partial charge in [0.2, 0.25) is 0 Å². The van der Waals surface area contributed by atoms with Crippen LogP contribution in [0, 0.1) is 0 Å². The minimum Gasteiger partial charge on any atom is -0.461 e. The van der Waals surface area contributed by atoms with Gasteiger partial charge in [0, 0.05) is 12.0 Å². The molecule has 20 heavy (non-hydrogen) atoms. The van der Waals surface area contributed by atoms with Crippen LogP contribution in [0.5, 0.6) is 0 Å². The van der Waals surface area contributed by atoms with Gasteiger partial charge in [0.15, 0.2) is 5.69 Å². The largest absolute Gasteiger partial charge is 0.461 e. The maximum atomic E-state index is 11.8. The zero-order valence-corrected chi connectivity index (χ0v) is 13.1. The highest BCUT2D eigenvalue weighted by Gasteiger charge is 2.36. The Morgan fingerprint density at radius 2 is 1.95 bits per heavy atom. The van der Waals surface area contributed by atoms with Gasteiger partial charge in [-0.2, -0.15) is 0 Å². The summed E-state index contributed by atoms with van der Waals surface area (Å²) in [7, 11) is 0. The molecule has 2 rings (SSSR count). The van der Waals surface area contributed by atoms with E-state index in [1.165, 1.54) is 24.2 Å². The van der Waals surface area contributed by atoms with E-state index in [0.717, 1.165) is 30.7 Å². The molecule has 0 N–H and O–H groups in total. The number of aromatic nitrogens is 1. The molecule has 0 atom stereocenters. The molecule has 0 unspecified atom stereocenters. The van der Waals surface area contributed by atoms with E-state index in [4.69, 9.17) is 9.47 Å². The Hall–Kier alpha value is -0.940. The summed E-state index contributed by atoms with van der Waals surface area (Å²) in [6, 6.07) is 0. The van der Waals surface area contributed by atoms with Crippen molar-refractivity contribution in [1.82, 2.24) is 4.98 Å². The molecule has 0 spiro atoms. The number of carbonyl (C=O) groups is 1. The fourth-order valence-electron chi connectivity index (χ4n) is 2.78. The van der Waals surface area contributed by atoms with Crippen LogP contribution in [0.4, 0.5) is 0 Å². The third-order valence-electron chi connectivity index (χ3n) is 3.71. The average molecular weight is 297 g/mol. The van der Waals surface area contributed by atoms with Crippen LogP contribution >= 0.6 is 11.3 Å². The summed E-state index contributed by atoms with van der Waals surface area (Å²) >= 11 is 1.52. The number of hydrogen-bond acceptors (Lipinski definition) is 5. The van der Waals surface area contributed by atoms with Gasteiger partial charge in [0.25, 0.3) is 0 Å². The molecular formula is C15H23NO3S. The highest BCUT2D eigenvalue weighted by atomic mass is 32.1. The van der Waals surface area contributed by atoms with Gasteiger partial charge < -0.3 is 9.47 Å². The molecule has 112 valence electrons. The number of rotatable bonds is 5. The molecule has 0 aromatic carbocycles. The molecule has 1 aliphatic carbocycles. The molecule has 0 amide bonds. The normalized spacial score (nSPS) is 18.5. The number of esters is 1. The van der Waals surface area contributed by atoms with Crippen molar-refractivity contribution in [3.05, 3.63) is 16.1 Å². The summed E-state index contributed by atoms with van der Waals surface area (Å²) < 4.78 is 11.1. The maximum Gasteiger partial charge on any atom is 0.357 e. The average Bonchev–Trinajstić information content (AvgIpc) is 2.82. The molecule has 4 nitrogen and oxygen atoms in total. The number of thiazole rings is 1. The predicted octanol–water partition coefficient (Wildman–Crippen LogP) is 3.91. The van der Waals surface area contributed by atoms with Gasteiger partial charge in [-0.3, -0.25) is 0 Å². The number of carbonyl (C=O) groups excluding carboxylic acids is 1. The molecule has 0 radical (unpaired) electrons. The monoisotopic (exact) mass is 297 g/mol. The SMILES string of the molecule is CCOC(=O)c1csc(C2(OCC)CCCCCC2)n1. The van der Waals surface area contributed by atoms with Gasteiger partial charge in [-0.15, -0.1) is 11.3 Å². The first-order valence-electron chi connectivity index (χ1n) is 7.49. The van der Waals surface area contributed by atoms with E-state index in [0.29, 0.717) is 18.9 Å². The van der Waals surface area contributed by atoms with E-state index >= 15 is 0 Å². The van der Waals surface area contributed by atoms with Crippen LogP contribution in [0.3, 0.4) is 0 Å². The summed E-state index contributed by atoms with van der Waals surface area (Å²) in [5, 5.41) is 2.73. The summed E-state index contributed by atoms with van der Waals surface area (Å²) in [5.74, 6) is -0.338. The second-order valence-electron chi connectivity index (χ2n) is 5.10. The van der Waals surface area contributed by atoms with Crippen LogP contribution < -0.4 is 0 Å². The van der Waals surface area contributed by atoms with Crippen LogP contribution in [0.25, 0.3) is 0 Å². The van der Waals surface area contributed by atoms with Crippen molar-refractivity contribution in [3.8, 4) is 0 Å². The topological polar surface area (TPSA) is 48.4 Å². The van der Waals surface area contributed by atoms with Crippen molar-refractivity contribution in [3.63, 3.8) is 0 Å². The fraction of sp³-hybridized carbons (Fsp3) is 0.733. The van der Waals surface area contributed by atoms with Gasteiger partial charge in [-0.1, -0.05) is 25.7 Å². The van der Waals surface area contributed by atoms with E-state index in [1.54, 1.807) is 12.3 Å². The van der Waals surface area contributed by atoms with Crippen LogP contribution in [0.1, 0.15) is 67.9 Å². The Labute approximate surface area is 124 Å². The Bertz CT molecular complexity index is 436. The van der Waals surface area contributed by atoms with E-state index in [2.05, 4.69) is 4.98 Å². The molecule has 0 bridgehead atoms. The summed E-state index contributed by atoms with van der Waals surface area (Å²) in [5.41, 5.74) is 0.121. The lowest BCUT2D eigenvalue weighted by Crippen LogP contribution is -2.29. The third kappa shape index (κ3) is 3.38. The van der Waals surface area contributed by atoms with Crippen molar-refractivity contribution in [2.45, 2.75) is 58.0 Å². The number of ether oxygens (including phenoxy) is 2. The molecule has 1 fully saturated rings. The molecule has 5 heteroatoms. The lowest BCUT2D eigenvalue weighted by atomic mass is 9.95. The van der Waals surface area contributed by atoms with Crippen LogP contribution in [0.2, 0.25) is 0 Å². The predicted molar refractivity (Wildman–Crippen MR) is 79.1 cm³/mol. The first-order chi connectivity index (χ1) is 9.72. The fourth-order valence-corrected chi connectivity index (χ4v) is 3.78. The van der Waals surface area contributed by atoms with Gasteiger partial charge in [0.1, 0.15) is 10.6 Å². The van der Waals surface area contributed by atoms with Crippen molar-refractivity contribution in [2.75, 3.05) is 13.2 Å².